The summed E-state index contributed by atoms with van der Waals surface area (Å²) in [6.07, 6.45) is -11.2. The number of nitrogens with zero attached hydrogens (tertiary/aromatic N) is 1. The molecule has 16 heteroatoms. The molecular formula is C9H23NO13P2. The van der Waals surface area contributed by atoms with Crippen LogP contribution in [0.1, 0.15) is 0 Å². The number of rotatable bonds is 12. The van der Waals surface area contributed by atoms with E-state index in [-0.39, 0.29) is 0 Å². The quantitative estimate of drug-likeness (QED) is 0.106. The zero-order chi connectivity index (χ0) is 20.0. The summed E-state index contributed by atoms with van der Waals surface area (Å²) in [5, 5.41) is 56.3. The first-order chi connectivity index (χ1) is 11.1. The number of hydrogen-bond donors (Lipinski definition) is 10. The molecule has 0 fully saturated rings. The van der Waals surface area contributed by atoms with Crippen LogP contribution >= 0.6 is 15.4 Å². The highest BCUT2D eigenvalue weighted by atomic mass is 31.2. The summed E-state index contributed by atoms with van der Waals surface area (Å²) in [7, 11) is -9.59. The maximum atomic E-state index is 11.0. The van der Waals surface area contributed by atoms with Gasteiger partial charge < -0.3 is 50.2 Å². The molecule has 0 aromatic heterocycles. The Bertz CT molecular complexity index is 478. The van der Waals surface area contributed by atoms with Crippen LogP contribution in [0, 0.1) is 0 Å². The van der Waals surface area contributed by atoms with Crippen LogP contribution in [0.2, 0.25) is 0 Å². The zero-order valence-electron chi connectivity index (χ0n) is 12.8. The lowest BCUT2D eigenvalue weighted by Crippen LogP contribution is -2.50. The normalized spacial score (nSPS) is 18.4. The van der Waals surface area contributed by atoms with Gasteiger partial charge in [-0.3, -0.25) is 14.0 Å². The molecule has 0 heterocycles. The van der Waals surface area contributed by atoms with Crippen LogP contribution in [0.5, 0.6) is 0 Å². The van der Waals surface area contributed by atoms with Crippen molar-refractivity contribution in [3.8, 4) is 0 Å². The van der Waals surface area contributed by atoms with Gasteiger partial charge in [0.2, 0.25) is 0 Å². The van der Waals surface area contributed by atoms with Gasteiger partial charge in [-0.15, -0.1) is 0 Å². The third-order valence-electron chi connectivity index (χ3n) is 2.80. The average molecular weight is 415 g/mol. The minimum absolute atomic E-state index is 0.699. The summed E-state index contributed by atoms with van der Waals surface area (Å²) in [5.41, 5.74) is 0. The van der Waals surface area contributed by atoms with Gasteiger partial charge in [-0.1, -0.05) is 0 Å². The Balaban J connectivity index is 4.78. The summed E-state index contributed by atoms with van der Waals surface area (Å²) >= 11 is 0. The van der Waals surface area contributed by atoms with Gasteiger partial charge in [0.15, 0.2) is 6.29 Å². The fourth-order valence-electron chi connectivity index (χ4n) is 1.78. The Hall–Kier alpha value is -0.0200. The summed E-state index contributed by atoms with van der Waals surface area (Å²) in [6, 6.07) is 0. The van der Waals surface area contributed by atoms with Crippen LogP contribution < -0.4 is 0 Å². The zero-order valence-corrected chi connectivity index (χ0v) is 14.5. The van der Waals surface area contributed by atoms with E-state index in [1.165, 1.54) is 0 Å². The van der Waals surface area contributed by atoms with Crippen molar-refractivity contribution >= 4 is 15.4 Å². The highest BCUT2D eigenvalue weighted by molar-refractivity contribution is 7.51. The molecule has 0 unspecified atom stereocenters. The lowest BCUT2D eigenvalue weighted by Gasteiger charge is -2.31. The molecule has 4 atom stereocenters. The molecule has 14 nitrogen and oxygen atoms in total. The first-order valence-electron chi connectivity index (χ1n) is 6.68. The van der Waals surface area contributed by atoms with E-state index in [1.54, 1.807) is 0 Å². The van der Waals surface area contributed by atoms with E-state index in [0.29, 0.717) is 4.90 Å². The van der Waals surface area contributed by atoms with Crippen molar-refractivity contribution in [3.05, 3.63) is 0 Å². The number of hydrogen-bond acceptors (Lipinski definition) is 10. The number of aliphatic hydroxyl groups is 6. The molecule has 0 aliphatic heterocycles. The average Bonchev–Trinajstić information content (AvgIpc) is 2.39. The SMILES string of the molecule is O=P(O)(O)CN(CC(O)O)C[C@@H](O)[C@H](O)[C@@H](O)[C@H](O)COP(=O)(O)O. The Morgan fingerprint density at radius 3 is 1.68 bits per heavy atom. The topological polar surface area (TPSA) is 249 Å². The Morgan fingerprint density at radius 1 is 0.800 bits per heavy atom. The second kappa shape index (κ2) is 10.3. The molecule has 0 aromatic carbocycles. The fourth-order valence-corrected chi connectivity index (χ4v) is 2.88. The molecule has 0 saturated carbocycles. The molecule has 0 aliphatic rings. The monoisotopic (exact) mass is 415 g/mol. The molecule has 0 aliphatic carbocycles. The minimum Gasteiger partial charge on any atom is -0.389 e. The molecule has 0 bridgehead atoms. The summed E-state index contributed by atoms with van der Waals surface area (Å²) in [5.74, 6) is 0. The Kier molecular flexibility index (Phi) is 10.3. The van der Waals surface area contributed by atoms with Crippen LogP contribution in [0.25, 0.3) is 0 Å². The maximum absolute atomic E-state index is 11.0. The van der Waals surface area contributed by atoms with Crippen LogP contribution in [0.15, 0.2) is 0 Å². The van der Waals surface area contributed by atoms with Crippen molar-refractivity contribution in [3.63, 3.8) is 0 Å². The maximum Gasteiger partial charge on any atom is 0.469 e. The molecule has 0 aromatic rings. The predicted octanol–water partition coefficient (Wildman–Crippen LogP) is -4.71. The molecule has 0 radical (unpaired) electrons. The van der Waals surface area contributed by atoms with E-state index in [9.17, 15) is 29.6 Å². The molecule has 10 N–H and O–H groups in total. The van der Waals surface area contributed by atoms with Gasteiger partial charge >= 0.3 is 15.4 Å². The fraction of sp³-hybridized carbons (Fsp3) is 1.00. The van der Waals surface area contributed by atoms with Gasteiger partial charge in [-0.25, -0.2) is 4.57 Å². The third kappa shape index (κ3) is 12.1. The van der Waals surface area contributed by atoms with Crippen molar-refractivity contribution in [2.45, 2.75) is 30.7 Å². The van der Waals surface area contributed by atoms with Gasteiger partial charge in [0.05, 0.1) is 12.7 Å². The van der Waals surface area contributed by atoms with Crippen LogP contribution in [-0.4, -0.2) is 112 Å². The summed E-state index contributed by atoms with van der Waals surface area (Å²) in [6.45, 7) is -2.50. The highest BCUT2D eigenvalue weighted by Crippen LogP contribution is 2.36. The molecule has 25 heavy (non-hydrogen) atoms. The van der Waals surface area contributed by atoms with Crippen LogP contribution in [0.3, 0.4) is 0 Å². The van der Waals surface area contributed by atoms with E-state index < -0.39 is 72.1 Å². The van der Waals surface area contributed by atoms with Gasteiger partial charge in [-0.05, 0) is 0 Å². The van der Waals surface area contributed by atoms with Crippen molar-refractivity contribution in [1.29, 1.82) is 0 Å². The smallest absolute Gasteiger partial charge is 0.389 e. The van der Waals surface area contributed by atoms with Gasteiger partial charge in [0.25, 0.3) is 0 Å². The van der Waals surface area contributed by atoms with E-state index >= 15 is 0 Å². The van der Waals surface area contributed by atoms with E-state index in [4.69, 9.17) is 29.8 Å². The summed E-state index contributed by atoms with van der Waals surface area (Å²) < 4.78 is 25.4. The standard InChI is InChI=1S/C9H23NO13P2/c11-5(1-10(2-7(13)14)4-24(17,18)19)8(15)9(16)6(12)3-23-25(20,21)22/h5-9,11-16H,1-4H2,(H2,17,18,19)(H2,20,21,22)/t5-,6-,8+,9+/m1/s1. The molecule has 0 amide bonds. The molecule has 0 rings (SSSR count). The third-order valence-corrected chi connectivity index (χ3v) is 4.06. The van der Waals surface area contributed by atoms with Crippen LogP contribution in [-0.2, 0) is 13.7 Å². The number of aliphatic hydroxyl groups excluding tert-OH is 5. The van der Waals surface area contributed by atoms with Crippen molar-refractivity contribution in [2.24, 2.45) is 0 Å². The molecule has 0 saturated heterocycles. The molecule has 0 spiro atoms. The van der Waals surface area contributed by atoms with Crippen molar-refractivity contribution in [2.75, 3.05) is 26.0 Å². The number of phosphoric ester groups is 1. The van der Waals surface area contributed by atoms with E-state index in [0.717, 1.165) is 0 Å². The first-order valence-corrected chi connectivity index (χ1v) is 10.0. The molecular weight excluding hydrogens is 392 g/mol. The number of phosphoric acid groups is 1. The van der Waals surface area contributed by atoms with Crippen molar-refractivity contribution in [1.82, 2.24) is 4.90 Å². The Morgan fingerprint density at radius 2 is 1.28 bits per heavy atom. The van der Waals surface area contributed by atoms with Crippen LogP contribution in [0.4, 0.5) is 0 Å². The minimum atomic E-state index is -4.94. The molecule has 152 valence electrons. The lowest BCUT2D eigenvalue weighted by atomic mass is 10.0. The lowest BCUT2D eigenvalue weighted by molar-refractivity contribution is -0.122. The van der Waals surface area contributed by atoms with E-state index in [2.05, 4.69) is 4.52 Å². The van der Waals surface area contributed by atoms with Gasteiger partial charge in [-0.2, -0.15) is 0 Å². The van der Waals surface area contributed by atoms with Gasteiger partial charge in [0.1, 0.15) is 24.6 Å². The first kappa shape index (κ1) is 25.0. The summed E-state index contributed by atoms with van der Waals surface area (Å²) in [4.78, 5) is 35.4. The largest absolute Gasteiger partial charge is 0.469 e. The highest BCUT2D eigenvalue weighted by Gasteiger charge is 2.34. The predicted molar refractivity (Wildman–Crippen MR) is 78.7 cm³/mol. The second-order valence-corrected chi connectivity index (χ2v) is 8.08. The van der Waals surface area contributed by atoms with Gasteiger partial charge in [0, 0.05) is 13.1 Å². The van der Waals surface area contributed by atoms with Crippen molar-refractivity contribution < 1.29 is 63.9 Å². The van der Waals surface area contributed by atoms with E-state index in [1.807, 2.05) is 0 Å². The Labute approximate surface area is 141 Å². The second-order valence-electron chi connectivity index (χ2n) is 5.22.